The Morgan fingerprint density at radius 1 is 1.25 bits per heavy atom. The Balaban J connectivity index is 0. The second-order valence-electron chi connectivity index (χ2n) is 3.19. The van der Waals surface area contributed by atoms with Gasteiger partial charge in [0.2, 0.25) is 0 Å². The van der Waals surface area contributed by atoms with E-state index in [0.717, 1.165) is 0 Å². The Morgan fingerprint density at radius 3 is 1.81 bits per heavy atom. The molecule has 92 valence electrons. The van der Waals surface area contributed by atoms with Gasteiger partial charge in [-0.25, -0.2) is 0 Å². The molecular formula is C13H22O3. The summed E-state index contributed by atoms with van der Waals surface area (Å²) in [5.41, 5.74) is 0. The Bertz CT molecular complexity index is 205. The van der Waals surface area contributed by atoms with Crippen molar-refractivity contribution in [2.24, 2.45) is 0 Å². The van der Waals surface area contributed by atoms with Crippen molar-refractivity contribution in [3.8, 4) is 0 Å². The van der Waals surface area contributed by atoms with E-state index in [-0.39, 0.29) is 12.8 Å². The first-order valence-electron chi connectivity index (χ1n) is 5.53. The van der Waals surface area contributed by atoms with Crippen molar-refractivity contribution in [3.63, 3.8) is 0 Å². The lowest BCUT2D eigenvalue weighted by Crippen LogP contribution is -1.94. The van der Waals surface area contributed by atoms with Crippen LogP contribution in [-0.2, 0) is 14.3 Å². The maximum Gasteiger partial charge on any atom is 0.314 e. The summed E-state index contributed by atoms with van der Waals surface area (Å²) in [5, 5.41) is 0. The standard InChI is InChI=1S/C6H12.C4H4O3.C3H6/c1-3-5-6-4-2;5-3-1-2-4(6)7-3;1-3-2/h3H,1,4-6H2,2H3;1-2H2;3H,1H2,2H3. The average Bonchev–Trinajstić information content (AvgIpc) is 2.61. The minimum atomic E-state index is -0.398. The molecule has 0 radical (unpaired) electrons. The first-order valence-corrected chi connectivity index (χ1v) is 5.53. The fourth-order valence-corrected chi connectivity index (χ4v) is 0.782. The zero-order valence-corrected chi connectivity index (χ0v) is 10.3. The van der Waals surface area contributed by atoms with Gasteiger partial charge >= 0.3 is 11.9 Å². The highest BCUT2D eigenvalue weighted by molar-refractivity contribution is 5.92. The van der Waals surface area contributed by atoms with E-state index in [1.54, 1.807) is 6.08 Å². The quantitative estimate of drug-likeness (QED) is 0.320. The lowest BCUT2D eigenvalue weighted by molar-refractivity contribution is -0.151. The Kier molecular flexibility index (Phi) is 14.5. The monoisotopic (exact) mass is 226 g/mol. The molecule has 0 N–H and O–H groups in total. The number of cyclic esters (lactones) is 2. The Hall–Kier alpha value is -1.38. The van der Waals surface area contributed by atoms with Gasteiger partial charge < -0.3 is 4.74 Å². The van der Waals surface area contributed by atoms with E-state index in [9.17, 15) is 9.59 Å². The molecule has 0 aromatic carbocycles. The number of esters is 2. The zero-order valence-electron chi connectivity index (χ0n) is 10.3. The predicted octanol–water partition coefficient (Wildman–Crippen LogP) is 3.40. The number of allylic oxidation sites excluding steroid dienone is 2. The number of rotatable bonds is 3. The summed E-state index contributed by atoms with van der Waals surface area (Å²) in [5.74, 6) is -0.796. The first kappa shape index (κ1) is 17.0. The molecule has 3 heteroatoms. The molecule has 0 amide bonds. The average molecular weight is 226 g/mol. The number of ether oxygens (including phenoxy) is 1. The molecule has 1 fully saturated rings. The van der Waals surface area contributed by atoms with Crippen LogP contribution in [0.5, 0.6) is 0 Å². The SMILES string of the molecule is C=CC.C=CCCCC.O=C1CCC(=O)O1. The van der Waals surface area contributed by atoms with Crippen LogP contribution in [0.1, 0.15) is 46.0 Å². The van der Waals surface area contributed by atoms with Crippen molar-refractivity contribution in [2.75, 3.05) is 0 Å². The molecule has 0 aliphatic carbocycles. The van der Waals surface area contributed by atoms with Crippen molar-refractivity contribution in [2.45, 2.75) is 46.0 Å². The maximum absolute atomic E-state index is 10.0. The van der Waals surface area contributed by atoms with Gasteiger partial charge in [-0.15, -0.1) is 13.2 Å². The second-order valence-corrected chi connectivity index (χ2v) is 3.19. The van der Waals surface area contributed by atoms with Gasteiger partial charge in [-0.2, -0.15) is 0 Å². The van der Waals surface area contributed by atoms with Crippen molar-refractivity contribution >= 4 is 11.9 Å². The molecule has 0 saturated carbocycles. The van der Waals surface area contributed by atoms with Crippen LogP contribution < -0.4 is 0 Å². The summed E-state index contributed by atoms with van der Waals surface area (Å²) in [6, 6.07) is 0. The third-order valence-corrected chi connectivity index (χ3v) is 1.52. The zero-order chi connectivity index (χ0) is 12.8. The molecule has 0 unspecified atom stereocenters. The van der Waals surface area contributed by atoms with Crippen LogP contribution in [0, 0.1) is 0 Å². The van der Waals surface area contributed by atoms with Crippen LogP contribution in [0.2, 0.25) is 0 Å². The van der Waals surface area contributed by atoms with Gasteiger partial charge in [0.1, 0.15) is 0 Å². The fourth-order valence-electron chi connectivity index (χ4n) is 0.782. The highest BCUT2D eigenvalue weighted by Gasteiger charge is 2.19. The maximum atomic E-state index is 10.0. The summed E-state index contributed by atoms with van der Waals surface area (Å²) in [6.07, 6.45) is 7.99. The number of carbonyl (C=O) groups is 2. The number of unbranched alkanes of at least 4 members (excludes halogenated alkanes) is 2. The van der Waals surface area contributed by atoms with Gasteiger partial charge in [0, 0.05) is 0 Å². The normalized spacial score (nSPS) is 12.6. The molecule has 3 nitrogen and oxygen atoms in total. The molecule has 0 aromatic rings. The molecule has 0 aromatic heterocycles. The van der Waals surface area contributed by atoms with Crippen LogP contribution in [-0.4, -0.2) is 11.9 Å². The molecule has 1 saturated heterocycles. The number of carbonyl (C=O) groups excluding carboxylic acids is 2. The largest absolute Gasteiger partial charge is 0.393 e. The van der Waals surface area contributed by atoms with Crippen LogP contribution in [0.15, 0.2) is 25.3 Å². The van der Waals surface area contributed by atoms with Gasteiger partial charge in [0.15, 0.2) is 0 Å². The summed E-state index contributed by atoms with van der Waals surface area (Å²) in [4.78, 5) is 20.0. The van der Waals surface area contributed by atoms with Crippen LogP contribution in [0.4, 0.5) is 0 Å². The smallest absolute Gasteiger partial charge is 0.314 e. The van der Waals surface area contributed by atoms with E-state index in [4.69, 9.17) is 0 Å². The summed E-state index contributed by atoms with van der Waals surface area (Å²) in [6.45, 7) is 11.0. The van der Waals surface area contributed by atoms with E-state index in [1.807, 2.05) is 13.0 Å². The third-order valence-electron chi connectivity index (χ3n) is 1.52. The van der Waals surface area contributed by atoms with Gasteiger partial charge in [-0.1, -0.05) is 31.9 Å². The van der Waals surface area contributed by atoms with Crippen molar-refractivity contribution in [1.29, 1.82) is 0 Å². The summed E-state index contributed by atoms with van der Waals surface area (Å²) < 4.78 is 4.08. The molecule has 0 atom stereocenters. The molecule has 1 rings (SSSR count). The minimum Gasteiger partial charge on any atom is -0.393 e. The van der Waals surface area contributed by atoms with Gasteiger partial charge in [-0.05, 0) is 13.3 Å². The molecule has 0 bridgehead atoms. The van der Waals surface area contributed by atoms with Gasteiger partial charge in [0.05, 0.1) is 12.8 Å². The molecule has 1 heterocycles. The van der Waals surface area contributed by atoms with Crippen molar-refractivity contribution in [1.82, 2.24) is 0 Å². The molecular weight excluding hydrogens is 204 g/mol. The lowest BCUT2D eigenvalue weighted by atomic mass is 10.3. The number of hydrogen-bond donors (Lipinski definition) is 0. The minimum absolute atomic E-state index is 0.263. The van der Waals surface area contributed by atoms with Crippen molar-refractivity contribution < 1.29 is 14.3 Å². The Morgan fingerprint density at radius 2 is 1.69 bits per heavy atom. The lowest BCUT2D eigenvalue weighted by Gasteiger charge is -1.81. The van der Waals surface area contributed by atoms with E-state index in [0.29, 0.717) is 0 Å². The van der Waals surface area contributed by atoms with E-state index in [1.165, 1.54) is 19.3 Å². The first-order chi connectivity index (χ1) is 7.62. The van der Waals surface area contributed by atoms with Crippen LogP contribution >= 0.6 is 0 Å². The summed E-state index contributed by atoms with van der Waals surface area (Å²) >= 11 is 0. The topological polar surface area (TPSA) is 43.4 Å². The van der Waals surface area contributed by atoms with E-state index in [2.05, 4.69) is 24.8 Å². The fraction of sp³-hybridized carbons (Fsp3) is 0.538. The number of hydrogen-bond acceptors (Lipinski definition) is 3. The van der Waals surface area contributed by atoms with Crippen molar-refractivity contribution in [3.05, 3.63) is 25.3 Å². The van der Waals surface area contributed by atoms with E-state index < -0.39 is 11.9 Å². The third kappa shape index (κ3) is 15.1. The van der Waals surface area contributed by atoms with Crippen LogP contribution in [0.25, 0.3) is 0 Å². The molecule has 16 heavy (non-hydrogen) atoms. The molecule has 1 aliphatic heterocycles. The predicted molar refractivity (Wildman–Crippen MR) is 65.9 cm³/mol. The van der Waals surface area contributed by atoms with Gasteiger partial charge in [-0.3, -0.25) is 9.59 Å². The Labute approximate surface area is 98.2 Å². The highest BCUT2D eigenvalue weighted by Crippen LogP contribution is 2.03. The highest BCUT2D eigenvalue weighted by atomic mass is 16.6. The van der Waals surface area contributed by atoms with Crippen LogP contribution in [0.3, 0.4) is 0 Å². The molecule has 1 aliphatic rings. The molecule has 0 spiro atoms. The second kappa shape index (κ2) is 13.6. The summed E-state index contributed by atoms with van der Waals surface area (Å²) in [7, 11) is 0. The van der Waals surface area contributed by atoms with E-state index >= 15 is 0 Å². The van der Waals surface area contributed by atoms with Gasteiger partial charge in [0.25, 0.3) is 0 Å².